The van der Waals surface area contributed by atoms with E-state index in [4.69, 9.17) is 46.4 Å². The fraction of sp³-hybridized carbons (Fsp3) is 0.250. The first kappa shape index (κ1) is 13.2. The maximum absolute atomic E-state index is 12.4. The van der Waals surface area contributed by atoms with Gasteiger partial charge >= 0.3 is 6.18 Å². The van der Waals surface area contributed by atoms with Crippen LogP contribution in [0.3, 0.4) is 0 Å². The highest BCUT2D eigenvalue weighted by molar-refractivity contribution is 6.66. The molecule has 1 rings (SSSR count). The Morgan fingerprint density at radius 3 is 1.93 bits per heavy atom. The van der Waals surface area contributed by atoms with E-state index >= 15 is 0 Å². The second kappa shape index (κ2) is 4.21. The molecule has 0 heterocycles. The molecule has 0 spiro atoms. The van der Waals surface area contributed by atoms with Crippen molar-refractivity contribution in [2.75, 3.05) is 0 Å². The molecule has 0 aliphatic carbocycles. The summed E-state index contributed by atoms with van der Waals surface area (Å²) in [6.45, 7) is 0. The van der Waals surface area contributed by atoms with Crippen LogP contribution in [-0.2, 0) is 9.97 Å². The molecule has 0 bridgehead atoms. The lowest BCUT2D eigenvalue weighted by atomic mass is 10.1. The van der Waals surface area contributed by atoms with Crippen molar-refractivity contribution in [3.63, 3.8) is 0 Å². The number of benzene rings is 1. The number of alkyl halides is 6. The third-order valence-corrected chi connectivity index (χ3v) is 2.58. The third kappa shape index (κ3) is 3.31. The van der Waals surface area contributed by atoms with E-state index in [1.165, 1.54) is 6.07 Å². The van der Waals surface area contributed by atoms with Gasteiger partial charge in [-0.3, -0.25) is 0 Å². The van der Waals surface area contributed by atoms with E-state index in [2.05, 4.69) is 0 Å². The van der Waals surface area contributed by atoms with Crippen LogP contribution in [0.15, 0.2) is 18.2 Å². The van der Waals surface area contributed by atoms with Crippen LogP contribution in [0.4, 0.5) is 13.2 Å². The van der Waals surface area contributed by atoms with Crippen molar-refractivity contribution in [1.29, 1.82) is 0 Å². The van der Waals surface area contributed by atoms with Crippen molar-refractivity contribution in [3.05, 3.63) is 34.3 Å². The molecular formula is C8H3Cl4F3. The minimum absolute atomic E-state index is 0.0794. The summed E-state index contributed by atoms with van der Waals surface area (Å²) in [5.41, 5.74) is -1.10. The van der Waals surface area contributed by atoms with Crippen LogP contribution >= 0.6 is 46.4 Å². The molecule has 1 aromatic carbocycles. The van der Waals surface area contributed by atoms with Crippen LogP contribution < -0.4 is 0 Å². The van der Waals surface area contributed by atoms with Crippen molar-refractivity contribution >= 4 is 46.4 Å². The fourth-order valence-electron chi connectivity index (χ4n) is 0.919. The molecule has 0 saturated heterocycles. The first-order chi connectivity index (χ1) is 6.62. The molecule has 0 N–H and O–H groups in total. The summed E-state index contributed by atoms with van der Waals surface area (Å²) in [5.74, 6) is 0. The second-order valence-electron chi connectivity index (χ2n) is 2.69. The van der Waals surface area contributed by atoms with Gasteiger partial charge in [0.05, 0.1) is 10.6 Å². The number of rotatable bonds is 0. The molecule has 7 heteroatoms. The zero-order valence-corrected chi connectivity index (χ0v) is 9.90. The minimum atomic E-state index is -4.57. The molecule has 0 aliphatic heterocycles. The van der Waals surface area contributed by atoms with E-state index in [9.17, 15) is 13.2 Å². The van der Waals surface area contributed by atoms with Gasteiger partial charge in [0.2, 0.25) is 3.79 Å². The van der Waals surface area contributed by atoms with Crippen LogP contribution in [-0.4, -0.2) is 0 Å². The van der Waals surface area contributed by atoms with E-state index in [1.54, 1.807) is 0 Å². The molecule has 0 unspecified atom stereocenters. The topological polar surface area (TPSA) is 0 Å². The molecule has 84 valence electrons. The van der Waals surface area contributed by atoms with Crippen molar-refractivity contribution in [3.8, 4) is 0 Å². The summed E-state index contributed by atoms with van der Waals surface area (Å²) in [6, 6.07) is 2.99. The highest BCUT2D eigenvalue weighted by atomic mass is 35.6. The summed E-state index contributed by atoms with van der Waals surface area (Å²) >= 11 is 21.7. The average Bonchev–Trinajstić information content (AvgIpc) is 2.00. The molecule has 0 fully saturated rings. The molecule has 0 atom stereocenters. The second-order valence-corrected chi connectivity index (χ2v) is 5.38. The Kier molecular flexibility index (Phi) is 3.71. The van der Waals surface area contributed by atoms with Gasteiger partial charge in [-0.05, 0) is 12.1 Å². The highest BCUT2D eigenvalue weighted by Crippen LogP contribution is 2.42. The van der Waals surface area contributed by atoms with Crippen molar-refractivity contribution < 1.29 is 13.2 Å². The summed E-state index contributed by atoms with van der Waals surface area (Å²) < 4.78 is 35.3. The van der Waals surface area contributed by atoms with Crippen LogP contribution in [0.5, 0.6) is 0 Å². The first-order valence-corrected chi connectivity index (χ1v) is 5.07. The summed E-state index contributed by atoms with van der Waals surface area (Å²) in [7, 11) is 0. The summed E-state index contributed by atoms with van der Waals surface area (Å²) in [4.78, 5) is 0. The van der Waals surface area contributed by atoms with E-state index < -0.39 is 20.6 Å². The van der Waals surface area contributed by atoms with Gasteiger partial charge in [-0.1, -0.05) is 52.5 Å². The summed E-state index contributed by atoms with van der Waals surface area (Å²) in [5, 5.41) is -0.430. The smallest absolute Gasteiger partial charge is 0.166 e. The number of hydrogen-bond acceptors (Lipinski definition) is 0. The molecule has 1 aromatic rings. The third-order valence-electron chi connectivity index (χ3n) is 1.60. The minimum Gasteiger partial charge on any atom is -0.166 e. The Morgan fingerprint density at radius 2 is 1.53 bits per heavy atom. The quantitative estimate of drug-likeness (QED) is 0.578. The SMILES string of the molecule is FC(F)(F)c1cc(C(Cl)(Cl)Cl)ccc1Cl. The lowest BCUT2D eigenvalue weighted by Gasteiger charge is -2.15. The monoisotopic (exact) mass is 296 g/mol. The number of halogens is 7. The van der Waals surface area contributed by atoms with E-state index in [1.807, 2.05) is 0 Å². The normalized spacial score (nSPS) is 13.0. The predicted molar refractivity (Wildman–Crippen MR) is 55.7 cm³/mol. The zero-order valence-electron chi connectivity index (χ0n) is 6.88. The van der Waals surface area contributed by atoms with Crippen LogP contribution in [0.2, 0.25) is 5.02 Å². The fourth-order valence-corrected chi connectivity index (χ4v) is 1.50. The predicted octanol–water partition coefficient (Wildman–Crippen LogP) is 5.19. The standard InChI is InChI=1S/C8H3Cl4F3/c9-6-2-1-4(7(10,11)12)3-5(6)8(13,14)15/h1-3H. The largest absolute Gasteiger partial charge is 0.417 e. The Hall–Kier alpha value is 0.170. The van der Waals surface area contributed by atoms with Crippen LogP contribution in [0.25, 0.3) is 0 Å². The molecule has 15 heavy (non-hydrogen) atoms. The van der Waals surface area contributed by atoms with E-state index in [0.29, 0.717) is 0 Å². The van der Waals surface area contributed by atoms with Gasteiger partial charge in [0.15, 0.2) is 0 Å². The zero-order chi connectivity index (χ0) is 11.9. The molecule has 0 aliphatic rings. The van der Waals surface area contributed by atoms with Gasteiger partial charge < -0.3 is 0 Å². The molecule has 0 aromatic heterocycles. The van der Waals surface area contributed by atoms with Crippen molar-refractivity contribution in [2.24, 2.45) is 0 Å². The first-order valence-electron chi connectivity index (χ1n) is 3.56. The van der Waals surface area contributed by atoms with Gasteiger partial charge in [0.25, 0.3) is 0 Å². The average molecular weight is 298 g/mol. The highest BCUT2D eigenvalue weighted by Gasteiger charge is 2.35. The molecule has 0 radical (unpaired) electrons. The van der Waals surface area contributed by atoms with Gasteiger partial charge in [0, 0.05) is 5.56 Å². The van der Waals surface area contributed by atoms with Crippen molar-refractivity contribution in [1.82, 2.24) is 0 Å². The lowest BCUT2D eigenvalue weighted by Crippen LogP contribution is -2.09. The maximum atomic E-state index is 12.4. The summed E-state index contributed by atoms with van der Waals surface area (Å²) in [6.07, 6.45) is -4.57. The molecule has 0 nitrogen and oxygen atoms in total. The van der Waals surface area contributed by atoms with Gasteiger partial charge in [0.1, 0.15) is 0 Å². The van der Waals surface area contributed by atoms with Crippen LogP contribution in [0.1, 0.15) is 11.1 Å². The number of hydrogen-bond donors (Lipinski definition) is 0. The Morgan fingerprint density at radius 1 is 1.00 bits per heavy atom. The lowest BCUT2D eigenvalue weighted by molar-refractivity contribution is -0.137. The molecule has 0 saturated carbocycles. The van der Waals surface area contributed by atoms with Crippen molar-refractivity contribution in [2.45, 2.75) is 9.97 Å². The van der Waals surface area contributed by atoms with Crippen LogP contribution in [0, 0.1) is 0 Å². The van der Waals surface area contributed by atoms with Gasteiger partial charge in [-0.25, -0.2) is 0 Å². The maximum Gasteiger partial charge on any atom is 0.417 e. The molecular weight excluding hydrogens is 295 g/mol. The Labute approximate surface area is 104 Å². The van der Waals surface area contributed by atoms with Gasteiger partial charge in [-0.15, -0.1) is 0 Å². The Balaban J connectivity index is 3.30. The molecule has 0 amide bonds. The van der Waals surface area contributed by atoms with E-state index in [0.717, 1.165) is 12.1 Å². The Bertz CT molecular complexity index is 367. The van der Waals surface area contributed by atoms with Gasteiger partial charge in [-0.2, -0.15) is 13.2 Å². The van der Waals surface area contributed by atoms with E-state index in [-0.39, 0.29) is 5.56 Å².